The number of aromatic nitrogens is 2. The lowest BCUT2D eigenvalue weighted by molar-refractivity contribution is 0.0952. The fraction of sp³-hybridized carbons (Fsp3) is 0.0500. The van der Waals surface area contributed by atoms with Crippen LogP contribution in [0, 0.1) is 0 Å². The Kier molecular flexibility index (Phi) is 3.96. The molecule has 1 N–H and O–H groups in total. The molecule has 4 rings (SSSR count). The number of nitrogens with one attached hydrogen (secondary N) is 1. The first kappa shape index (κ1) is 15.1. The Morgan fingerprint density at radius 3 is 2.72 bits per heavy atom. The number of hydrogen-bond acceptors (Lipinski definition) is 4. The van der Waals surface area contributed by atoms with Crippen LogP contribution in [0.4, 0.5) is 0 Å². The summed E-state index contributed by atoms with van der Waals surface area (Å²) in [6.45, 7) is 0.367. The number of benzene rings is 1. The molecule has 0 radical (unpaired) electrons. The molecule has 0 unspecified atom stereocenters. The van der Waals surface area contributed by atoms with Crippen LogP contribution in [0.25, 0.3) is 22.4 Å². The predicted octanol–water partition coefficient (Wildman–Crippen LogP) is 3.82. The number of carbonyl (C=O) groups is 1. The molecule has 4 aromatic rings. The minimum Gasteiger partial charge on any atom is -0.463 e. The Hall–Kier alpha value is -3.47. The van der Waals surface area contributed by atoms with Crippen LogP contribution in [0.1, 0.15) is 16.1 Å². The van der Waals surface area contributed by atoms with Crippen molar-refractivity contribution in [2.45, 2.75) is 6.54 Å². The third kappa shape index (κ3) is 3.12. The lowest BCUT2D eigenvalue weighted by atomic mass is 10.1. The zero-order valence-electron chi connectivity index (χ0n) is 13.3. The van der Waals surface area contributed by atoms with Crippen molar-refractivity contribution in [2.24, 2.45) is 0 Å². The Bertz CT molecular complexity index is 1010. The number of para-hydroxylation sites is 1. The maximum atomic E-state index is 12.8. The largest absolute Gasteiger partial charge is 0.463 e. The van der Waals surface area contributed by atoms with E-state index in [2.05, 4.69) is 15.3 Å². The van der Waals surface area contributed by atoms with Gasteiger partial charge in [-0.15, -0.1) is 0 Å². The van der Waals surface area contributed by atoms with Gasteiger partial charge in [-0.1, -0.05) is 24.3 Å². The van der Waals surface area contributed by atoms with Gasteiger partial charge in [0, 0.05) is 11.6 Å². The van der Waals surface area contributed by atoms with Gasteiger partial charge in [0.05, 0.1) is 29.6 Å². The number of furan rings is 1. The average Bonchev–Trinajstić information content (AvgIpc) is 3.21. The maximum absolute atomic E-state index is 12.8. The van der Waals surface area contributed by atoms with Crippen molar-refractivity contribution in [3.8, 4) is 11.5 Å². The Morgan fingerprint density at radius 2 is 1.92 bits per heavy atom. The highest BCUT2D eigenvalue weighted by Gasteiger charge is 2.14. The third-order valence-corrected chi connectivity index (χ3v) is 3.89. The molecule has 1 amide bonds. The van der Waals surface area contributed by atoms with Crippen molar-refractivity contribution in [3.63, 3.8) is 0 Å². The number of nitrogens with zero attached hydrogens (tertiary/aromatic N) is 2. The molecule has 5 nitrogen and oxygen atoms in total. The summed E-state index contributed by atoms with van der Waals surface area (Å²) >= 11 is 0. The van der Waals surface area contributed by atoms with Gasteiger partial charge >= 0.3 is 0 Å². The Balaban J connectivity index is 1.71. The van der Waals surface area contributed by atoms with Gasteiger partial charge in [-0.05, 0) is 36.4 Å². The van der Waals surface area contributed by atoms with Crippen molar-refractivity contribution < 1.29 is 9.21 Å². The van der Waals surface area contributed by atoms with Crippen LogP contribution in [0.2, 0.25) is 0 Å². The summed E-state index contributed by atoms with van der Waals surface area (Å²) in [5.41, 5.74) is 2.75. The van der Waals surface area contributed by atoms with E-state index in [-0.39, 0.29) is 5.91 Å². The van der Waals surface area contributed by atoms with Crippen LogP contribution >= 0.6 is 0 Å². The first-order valence-corrected chi connectivity index (χ1v) is 7.93. The molecule has 0 atom stereocenters. The maximum Gasteiger partial charge on any atom is 0.252 e. The molecule has 0 aliphatic heterocycles. The predicted molar refractivity (Wildman–Crippen MR) is 94.9 cm³/mol. The standard InChI is InChI=1S/C20H15N3O2/c24-20(22-13-14-6-3-4-10-21-14)16-12-18(19-9-5-11-25-19)23-17-8-2-1-7-15(16)17/h1-12H,13H2,(H,22,24). The zero-order chi connectivity index (χ0) is 17.1. The second kappa shape index (κ2) is 6.57. The van der Waals surface area contributed by atoms with Crippen molar-refractivity contribution in [2.75, 3.05) is 0 Å². The molecule has 0 spiro atoms. The monoisotopic (exact) mass is 329 g/mol. The van der Waals surface area contributed by atoms with Gasteiger partial charge in [-0.3, -0.25) is 9.78 Å². The quantitative estimate of drug-likeness (QED) is 0.618. The van der Waals surface area contributed by atoms with Gasteiger partial charge in [-0.25, -0.2) is 4.98 Å². The first-order valence-electron chi connectivity index (χ1n) is 7.93. The van der Waals surface area contributed by atoms with Gasteiger partial charge in [0.1, 0.15) is 5.69 Å². The summed E-state index contributed by atoms with van der Waals surface area (Å²) < 4.78 is 5.43. The van der Waals surface area contributed by atoms with Crippen molar-refractivity contribution in [3.05, 3.63) is 84.4 Å². The smallest absolute Gasteiger partial charge is 0.252 e. The van der Waals surface area contributed by atoms with Crippen LogP contribution in [-0.2, 0) is 6.54 Å². The van der Waals surface area contributed by atoms with Gasteiger partial charge in [-0.2, -0.15) is 0 Å². The van der Waals surface area contributed by atoms with E-state index in [0.717, 1.165) is 16.6 Å². The highest BCUT2D eigenvalue weighted by atomic mass is 16.3. The molecular formula is C20H15N3O2. The molecule has 122 valence electrons. The molecule has 0 aliphatic rings. The number of pyridine rings is 2. The molecular weight excluding hydrogens is 314 g/mol. The average molecular weight is 329 g/mol. The van der Waals surface area contributed by atoms with E-state index in [1.54, 1.807) is 24.6 Å². The number of rotatable bonds is 4. The number of fused-ring (bicyclic) bond motifs is 1. The zero-order valence-corrected chi connectivity index (χ0v) is 13.3. The van der Waals surface area contributed by atoms with Crippen molar-refractivity contribution in [1.29, 1.82) is 0 Å². The summed E-state index contributed by atoms with van der Waals surface area (Å²) in [6, 6.07) is 18.6. The van der Waals surface area contributed by atoms with Crippen LogP contribution in [-0.4, -0.2) is 15.9 Å². The first-order chi connectivity index (χ1) is 12.3. The highest BCUT2D eigenvalue weighted by Crippen LogP contribution is 2.25. The minimum atomic E-state index is -0.169. The molecule has 3 aromatic heterocycles. The van der Waals surface area contributed by atoms with Crippen LogP contribution < -0.4 is 5.32 Å². The van der Waals surface area contributed by atoms with Gasteiger partial charge in [0.15, 0.2) is 5.76 Å². The SMILES string of the molecule is O=C(NCc1ccccn1)c1cc(-c2ccco2)nc2ccccc12. The Labute approximate surface area is 144 Å². The lowest BCUT2D eigenvalue weighted by Gasteiger charge is -2.09. The molecule has 0 saturated heterocycles. The summed E-state index contributed by atoms with van der Waals surface area (Å²) in [6.07, 6.45) is 3.30. The van der Waals surface area contributed by atoms with Crippen LogP contribution in [0.15, 0.2) is 77.5 Å². The van der Waals surface area contributed by atoms with Crippen LogP contribution in [0.3, 0.4) is 0 Å². The second-order valence-corrected chi connectivity index (χ2v) is 5.55. The fourth-order valence-corrected chi connectivity index (χ4v) is 2.68. The summed E-state index contributed by atoms with van der Waals surface area (Å²) in [4.78, 5) is 21.6. The van der Waals surface area contributed by atoms with E-state index >= 15 is 0 Å². The number of amides is 1. The fourth-order valence-electron chi connectivity index (χ4n) is 2.68. The third-order valence-electron chi connectivity index (χ3n) is 3.89. The molecule has 0 saturated carbocycles. The molecule has 0 fully saturated rings. The van der Waals surface area contributed by atoms with E-state index in [1.807, 2.05) is 48.5 Å². The van der Waals surface area contributed by atoms with E-state index in [1.165, 1.54) is 0 Å². The molecule has 5 heteroatoms. The van der Waals surface area contributed by atoms with Gasteiger partial charge in [0.25, 0.3) is 5.91 Å². The minimum absolute atomic E-state index is 0.169. The highest BCUT2D eigenvalue weighted by molar-refractivity contribution is 6.07. The summed E-state index contributed by atoms with van der Waals surface area (Å²) in [5, 5.41) is 3.72. The molecule has 0 aliphatic carbocycles. The molecule has 0 bridgehead atoms. The Morgan fingerprint density at radius 1 is 1.04 bits per heavy atom. The lowest BCUT2D eigenvalue weighted by Crippen LogP contribution is -2.23. The van der Waals surface area contributed by atoms with Crippen LogP contribution in [0.5, 0.6) is 0 Å². The number of carbonyl (C=O) groups excluding carboxylic acids is 1. The number of hydrogen-bond donors (Lipinski definition) is 1. The normalized spacial score (nSPS) is 10.7. The van der Waals surface area contributed by atoms with E-state index in [0.29, 0.717) is 23.6 Å². The molecule has 25 heavy (non-hydrogen) atoms. The van der Waals surface area contributed by atoms with Crippen molar-refractivity contribution in [1.82, 2.24) is 15.3 Å². The topological polar surface area (TPSA) is 68.0 Å². The van der Waals surface area contributed by atoms with Crippen molar-refractivity contribution >= 4 is 16.8 Å². The summed E-state index contributed by atoms with van der Waals surface area (Å²) in [5.74, 6) is 0.460. The van der Waals surface area contributed by atoms with Gasteiger partial charge in [0.2, 0.25) is 0 Å². The summed E-state index contributed by atoms with van der Waals surface area (Å²) in [7, 11) is 0. The molecule has 3 heterocycles. The van der Waals surface area contributed by atoms with E-state index in [4.69, 9.17) is 4.42 Å². The second-order valence-electron chi connectivity index (χ2n) is 5.55. The van der Waals surface area contributed by atoms with Gasteiger partial charge < -0.3 is 9.73 Å². The van der Waals surface area contributed by atoms with E-state index in [9.17, 15) is 4.79 Å². The van der Waals surface area contributed by atoms with E-state index < -0.39 is 0 Å². The molecule has 1 aromatic carbocycles.